The number of para-hydroxylation sites is 1. The molecule has 1 aromatic carbocycles. The smallest absolute Gasteiger partial charge is 0.255 e. The van der Waals surface area contributed by atoms with Crippen LogP contribution in [0.5, 0.6) is 0 Å². The molecule has 1 atom stereocenters. The fourth-order valence-electron chi connectivity index (χ4n) is 3.08. The Labute approximate surface area is 151 Å². The molecule has 0 radical (unpaired) electrons. The minimum absolute atomic E-state index is 0.102. The van der Waals surface area contributed by atoms with Gasteiger partial charge in [0.05, 0.1) is 17.4 Å². The molecule has 3 heterocycles. The van der Waals surface area contributed by atoms with E-state index in [9.17, 15) is 4.79 Å². The van der Waals surface area contributed by atoms with Crippen LogP contribution in [-0.2, 0) is 4.74 Å². The van der Waals surface area contributed by atoms with Crippen molar-refractivity contribution in [3.63, 3.8) is 0 Å². The van der Waals surface area contributed by atoms with Gasteiger partial charge in [0, 0.05) is 37.3 Å². The van der Waals surface area contributed by atoms with Gasteiger partial charge in [-0.15, -0.1) is 0 Å². The van der Waals surface area contributed by atoms with E-state index < -0.39 is 0 Å². The van der Waals surface area contributed by atoms with E-state index in [2.05, 4.69) is 15.4 Å². The summed E-state index contributed by atoms with van der Waals surface area (Å²) in [4.78, 5) is 17.0. The summed E-state index contributed by atoms with van der Waals surface area (Å²) in [6, 6.07) is 13.5. The topological polar surface area (TPSA) is 69.0 Å². The minimum atomic E-state index is -0.151. The highest BCUT2D eigenvalue weighted by molar-refractivity contribution is 5.99. The summed E-state index contributed by atoms with van der Waals surface area (Å²) in [5, 5.41) is 7.61. The van der Waals surface area contributed by atoms with Crippen molar-refractivity contribution in [2.75, 3.05) is 13.2 Å². The Hall–Kier alpha value is -2.99. The molecule has 1 aliphatic heterocycles. The van der Waals surface area contributed by atoms with E-state index in [1.54, 1.807) is 23.3 Å². The number of ether oxygens (including phenoxy) is 1. The van der Waals surface area contributed by atoms with Gasteiger partial charge >= 0.3 is 0 Å². The summed E-state index contributed by atoms with van der Waals surface area (Å²) in [6.45, 7) is 1.29. The van der Waals surface area contributed by atoms with Gasteiger partial charge < -0.3 is 10.1 Å². The zero-order valence-electron chi connectivity index (χ0n) is 14.3. The van der Waals surface area contributed by atoms with Crippen molar-refractivity contribution in [3.05, 3.63) is 66.6 Å². The zero-order valence-corrected chi connectivity index (χ0v) is 14.3. The van der Waals surface area contributed by atoms with Crippen molar-refractivity contribution in [1.29, 1.82) is 0 Å². The number of carbonyl (C=O) groups excluding carboxylic acids is 1. The van der Waals surface area contributed by atoms with Crippen molar-refractivity contribution in [2.24, 2.45) is 0 Å². The molecule has 1 aliphatic rings. The van der Waals surface area contributed by atoms with E-state index in [4.69, 9.17) is 4.74 Å². The number of amides is 1. The van der Waals surface area contributed by atoms with Crippen LogP contribution in [0.15, 0.2) is 61.1 Å². The minimum Gasteiger partial charge on any atom is -0.376 e. The standard InChI is InChI=1S/C20H20N4O2/c25-20(22-13-17-9-5-11-26-17)18-14-24(16-7-2-1-3-8-16)23-19(18)15-6-4-10-21-12-15/h1-4,6-8,10,12,14,17H,5,9,11,13H2,(H,22,25). The monoisotopic (exact) mass is 348 g/mol. The average molecular weight is 348 g/mol. The van der Waals surface area contributed by atoms with Crippen molar-refractivity contribution < 1.29 is 9.53 Å². The predicted octanol–water partition coefficient (Wildman–Crippen LogP) is 2.84. The van der Waals surface area contributed by atoms with Gasteiger partial charge in [-0.25, -0.2) is 4.68 Å². The zero-order chi connectivity index (χ0) is 17.8. The van der Waals surface area contributed by atoms with Gasteiger partial charge in [-0.1, -0.05) is 18.2 Å². The first-order chi connectivity index (χ1) is 12.8. The summed E-state index contributed by atoms with van der Waals surface area (Å²) < 4.78 is 7.31. The summed E-state index contributed by atoms with van der Waals surface area (Å²) in [7, 11) is 0. The molecule has 0 saturated carbocycles. The van der Waals surface area contributed by atoms with Gasteiger partial charge in [0.1, 0.15) is 5.69 Å². The summed E-state index contributed by atoms with van der Waals surface area (Å²) in [5.74, 6) is -0.151. The largest absolute Gasteiger partial charge is 0.376 e. The molecule has 1 fully saturated rings. The molecule has 6 nitrogen and oxygen atoms in total. The molecule has 6 heteroatoms. The molecule has 2 aromatic heterocycles. The maximum absolute atomic E-state index is 12.8. The number of benzene rings is 1. The molecule has 1 amide bonds. The van der Waals surface area contributed by atoms with Gasteiger partial charge in [-0.2, -0.15) is 5.10 Å². The van der Waals surface area contributed by atoms with Crippen LogP contribution in [0.3, 0.4) is 0 Å². The molecule has 1 N–H and O–H groups in total. The Kier molecular flexibility index (Phi) is 4.75. The van der Waals surface area contributed by atoms with E-state index in [0.717, 1.165) is 30.7 Å². The summed E-state index contributed by atoms with van der Waals surface area (Å²) in [6.07, 6.45) is 7.32. The SMILES string of the molecule is O=C(NCC1CCCO1)c1cn(-c2ccccc2)nc1-c1cccnc1. The first-order valence-corrected chi connectivity index (χ1v) is 8.76. The Morgan fingerprint density at radius 3 is 2.85 bits per heavy atom. The number of hydrogen-bond acceptors (Lipinski definition) is 4. The van der Waals surface area contributed by atoms with Crippen LogP contribution in [0, 0.1) is 0 Å². The Morgan fingerprint density at radius 1 is 1.23 bits per heavy atom. The molecule has 0 bridgehead atoms. The number of pyridine rings is 1. The third-order valence-electron chi connectivity index (χ3n) is 4.43. The van der Waals surface area contributed by atoms with Gasteiger partial charge in [-0.05, 0) is 37.1 Å². The Balaban J connectivity index is 1.65. The van der Waals surface area contributed by atoms with E-state index in [1.165, 1.54) is 0 Å². The molecule has 1 unspecified atom stereocenters. The number of nitrogens with zero attached hydrogens (tertiary/aromatic N) is 3. The fourth-order valence-corrected chi connectivity index (χ4v) is 3.08. The lowest BCUT2D eigenvalue weighted by atomic mass is 10.1. The highest BCUT2D eigenvalue weighted by atomic mass is 16.5. The molecule has 4 rings (SSSR count). The van der Waals surface area contributed by atoms with E-state index in [-0.39, 0.29) is 12.0 Å². The predicted molar refractivity (Wildman–Crippen MR) is 98.1 cm³/mol. The first kappa shape index (κ1) is 16.5. The molecule has 0 spiro atoms. The first-order valence-electron chi connectivity index (χ1n) is 8.76. The molecular formula is C20H20N4O2. The van der Waals surface area contributed by atoms with Crippen LogP contribution < -0.4 is 5.32 Å². The molecule has 132 valence electrons. The maximum atomic E-state index is 12.8. The lowest BCUT2D eigenvalue weighted by molar-refractivity contribution is 0.0858. The Morgan fingerprint density at radius 2 is 2.12 bits per heavy atom. The molecule has 1 saturated heterocycles. The lowest BCUT2D eigenvalue weighted by Crippen LogP contribution is -2.31. The molecule has 0 aliphatic carbocycles. The van der Waals surface area contributed by atoms with Crippen molar-refractivity contribution in [3.8, 4) is 16.9 Å². The normalized spacial score (nSPS) is 16.5. The van der Waals surface area contributed by atoms with Crippen molar-refractivity contribution >= 4 is 5.91 Å². The summed E-state index contributed by atoms with van der Waals surface area (Å²) >= 11 is 0. The number of nitrogens with one attached hydrogen (secondary N) is 1. The third kappa shape index (κ3) is 3.50. The lowest BCUT2D eigenvalue weighted by Gasteiger charge is -2.10. The average Bonchev–Trinajstić information content (AvgIpc) is 3.37. The summed E-state index contributed by atoms with van der Waals surface area (Å²) in [5.41, 5.74) is 2.85. The number of rotatable bonds is 5. The van der Waals surface area contributed by atoms with E-state index >= 15 is 0 Å². The second-order valence-electron chi connectivity index (χ2n) is 6.26. The second-order valence-corrected chi connectivity index (χ2v) is 6.26. The van der Waals surface area contributed by atoms with Crippen LogP contribution in [0.1, 0.15) is 23.2 Å². The fraction of sp³-hybridized carbons (Fsp3) is 0.250. The number of hydrogen-bond donors (Lipinski definition) is 1. The number of aromatic nitrogens is 3. The Bertz CT molecular complexity index is 871. The van der Waals surface area contributed by atoms with Gasteiger partial charge in [0.15, 0.2) is 0 Å². The van der Waals surface area contributed by atoms with Crippen LogP contribution >= 0.6 is 0 Å². The molecule has 3 aromatic rings. The van der Waals surface area contributed by atoms with Gasteiger partial charge in [0.25, 0.3) is 5.91 Å². The van der Waals surface area contributed by atoms with Crippen LogP contribution in [-0.4, -0.2) is 39.9 Å². The van der Waals surface area contributed by atoms with Gasteiger partial charge in [0.2, 0.25) is 0 Å². The van der Waals surface area contributed by atoms with Crippen LogP contribution in [0.4, 0.5) is 0 Å². The van der Waals surface area contributed by atoms with Crippen molar-refractivity contribution in [1.82, 2.24) is 20.1 Å². The highest BCUT2D eigenvalue weighted by Crippen LogP contribution is 2.23. The second kappa shape index (κ2) is 7.49. The molecular weight excluding hydrogens is 328 g/mol. The molecule has 26 heavy (non-hydrogen) atoms. The van der Waals surface area contributed by atoms with E-state index in [0.29, 0.717) is 17.8 Å². The van der Waals surface area contributed by atoms with Crippen LogP contribution in [0.25, 0.3) is 16.9 Å². The highest BCUT2D eigenvalue weighted by Gasteiger charge is 2.21. The van der Waals surface area contributed by atoms with Gasteiger partial charge in [-0.3, -0.25) is 9.78 Å². The third-order valence-corrected chi connectivity index (χ3v) is 4.43. The number of carbonyl (C=O) groups is 1. The van der Waals surface area contributed by atoms with Crippen molar-refractivity contribution in [2.45, 2.75) is 18.9 Å². The van der Waals surface area contributed by atoms with E-state index in [1.807, 2.05) is 42.5 Å². The maximum Gasteiger partial charge on any atom is 0.255 e. The quantitative estimate of drug-likeness (QED) is 0.770. The van der Waals surface area contributed by atoms with Crippen LogP contribution in [0.2, 0.25) is 0 Å².